The van der Waals surface area contributed by atoms with Gasteiger partial charge in [-0.1, -0.05) is 17.7 Å². The van der Waals surface area contributed by atoms with Crippen molar-refractivity contribution in [1.82, 2.24) is 0 Å². The molecule has 0 radical (unpaired) electrons. The van der Waals surface area contributed by atoms with Gasteiger partial charge in [0.1, 0.15) is 18.2 Å². The highest BCUT2D eigenvalue weighted by Gasteiger charge is 2.11. The van der Waals surface area contributed by atoms with Crippen LogP contribution in [-0.2, 0) is 6.61 Å². The van der Waals surface area contributed by atoms with E-state index in [1.165, 1.54) is 30.3 Å². The van der Waals surface area contributed by atoms with Crippen LogP contribution in [0.5, 0.6) is 5.75 Å². The van der Waals surface area contributed by atoms with Gasteiger partial charge in [0.25, 0.3) is 0 Å². The molecule has 2 aromatic carbocycles. The first-order chi connectivity index (χ1) is 9.49. The molecule has 0 amide bonds. The molecule has 0 saturated heterocycles. The van der Waals surface area contributed by atoms with E-state index >= 15 is 0 Å². The Morgan fingerprint density at radius 1 is 1.35 bits per heavy atom. The van der Waals surface area contributed by atoms with E-state index in [1.54, 1.807) is 6.07 Å². The molecule has 4 nitrogen and oxygen atoms in total. The Bertz CT molecular complexity index is 641. The standard InChI is InChI=1S/C14H11ClFNO3/c15-11-2-1-3-12(16)10(11)7-20-8-4-5-13(17)9(6-8)14(18)19/h1-6H,7,17H2,(H,18,19). The first kappa shape index (κ1) is 14.1. The number of rotatable bonds is 4. The van der Waals surface area contributed by atoms with Crippen molar-refractivity contribution in [2.24, 2.45) is 0 Å². The summed E-state index contributed by atoms with van der Waals surface area (Å²) in [4.78, 5) is 10.9. The summed E-state index contributed by atoms with van der Waals surface area (Å²) < 4.78 is 18.9. The molecule has 0 bridgehead atoms. The van der Waals surface area contributed by atoms with Crippen molar-refractivity contribution < 1.29 is 19.0 Å². The first-order valence-corrected chi connectivity index (χ1v) is 6.05. The minimum absolute atomic E-state index is 0.0675. The molecule has 104 valence electrons. The van der Waals surface area contributed by atoms with Crippen molar-refractivity contribution in [2.75, 3.05) is 5.73 Å². The lowest BCUT2D eigenvalue weighted by atomic mass is 10.1. The Hall–Kier alpha value is -2.27. The zero-order valence-corrected chi connectivity index (χ0v) is 11.0. The summed E-state index contributed by atoms with van der Waals surface area (Å²) in [5.74, 6) is -1.36. The molecule has 0 unspecified atom stereocenters. The van der Waals surface area contributed by atoms with E-state index in [-0.39, 0.29) is 34.2 Å². The molecule has 0 aromatic heterocycles. The summed E-state index contributed by atoms with van der Waals surface area (Å²) in [5.41, 5.74) is 5.81. The summed E-state index contributed by atoms with van der Waals surface area (Å²) in [6, 6.07) is 8.53. The molecule has 0 heterocycles. The number of halogens is 2. The van der Waals surface area contributed by atoms with E-state index in [2.05, 4.69) is 0 Å². The van der Waals surface area contributed by atoms with Crippen molar-refractivity contribution in [2.45, 2.75) is 6.61 Å². The van der Waals surface area contributed by atoms with Crippen LogP contribution in [0.3, 0.4) is 0 Å². The number of aromatic carboxylic acids is 1. The molecule has 20 heavy (non-hydrogen) atoms. The van der Waals surface area contributed by atoms with Crippen molar-refractivity contribution in [3.8, 4) is 5.75 Å². The zero-order valence-electron chi connectivity index (χ0n) is 10.3. The van der Waals surface area contributed by atoms with Gasteiger partial charge in [0.2, 0.25) is 0 Å². The first-order valence-electron chi connectivity index (χ1n) is 5.67. The third kappa shape index (κ3) is 3.00. The maximum Gasteiger partial charge on any atom is 0.337 e. The third-order valence-corrected chi connectivity index (χ3v) is 3.05. The molecular weight excluding hydrogens is 285 g/mol. The molecule has 0 spiro atoms. The fourth-order valence-corrected chi connectivity index (χ4v) is 1.85. The van der Waals surface area contributed by atoms with Crippen molar-refractivity contribution >= 4 is 23.3 Å². The van der Waals surface area contributed by atoms with E-state index in [1.807, 2.05) is 0 Å². The summed E-state index contributed by atoms with van der Waals surface area (Å²) in [6.07, 6.45) is 0. The lowest BCUT2D eigenvalue weighted by molar-refractivity contribution is 0.0697. The number of nitrogens with two attached hydrogens (primary N) is 1. The molecule has 2 aromatic rings. The van der Waals surface area contributed by atoms with Crippen molar-refractivity contribution in [1.29, 1.82) is 0 Å². The summed E-state index contributed by atoms with van der Waals surface area (Å²) in [5, 5.41) is 9.20. The van der Waals surface area contributed by atoms with Crippen LogP contribution in [0.2, 0.25) is 5.02 Å². The topological polar surface area (TPSA) is 72.5 Å². The molecular formula is C14H11ClFNO3. The number of benzene rings is 2. The number of carbonyl (C=O) groups is 1. The molecule has 0 saturated carbocycles. The van der Waals surface area contributed by atoms with Crippen LogP contribution in [0.15, 0.2) is 36.4 Å². The molecule has 6 heteroatoms. The van der Waals surface area contributed by atoms with Gasteiger partial charge in [0.05, 0.1) is 10.6 Å². The van der Waals surface area contributed by atoms with Gasteiger partial charge < -0.3 is 15.6 Å². The van der Waals surface area contributed by atoms with Gasteiger partial charge in [-0.15, -0.1) is 0 Å². The highest BCUT2D eigenvalue weighted by Crippen LogP contribution is 2.24. The third-order valence-electron chi connectivity index (χ3n) is 2.70. The average molecular weight is 296 g/mol. The van der Waals surface area contributed by atoms with Crippen LogP contribution < -0.4 is 10.5 Å². The Morgan fingerprint density at radius 2 is 2.10 bits per heavy atom. The van der Waals surface area contributed by atoms with E-state index in [0.717, 1.165) is 0 Å². The van der Waals surface area contributed by atoms with Crippen molar-refractivity contribution in [3.63, 3.8) is 0 Å². The second-order valence-corrected chi connectivity index (χ2v) is 4.45. The minimum Gasteiger partial charge on any atom is -0.489 e. The van der Waals surface area contributed by atoms with Gasteiger partial charge in [-0.05, 0) is 30.3 Å². The van der Waals surface area contributed by atoms with Gasteiger partial charge in [-0.25, -0.2) is 9.18 Å². The van der Waals surface area contributed by atoms with Crippen LogP contribution in [-0.4, -0.2) is 11.1 Å². The second-order valence-electron chi connectivity index (χ2n) is 4.04. The number of ether oxygens (including phenoxy) is 1. The van der Waals surface area contributed by atoms with Gasteiger partial charge in [-0.2, -0.15) is 0 Å². The Kier molecular flexibility index (Phi) is 4.10. The molecule has 0 aliphatic rings. The zero-order chi connectivity index (χ0) is 14.7. The monoisotopic (exact) mass is 295 g/mol. The number of hydrogen-bond acceptors (Lipinski definition) is 3. The molecule has 0 atom stereocenters. The van der Waals surface area contributed by atoms with Crippen LogP contribution in [0.4, 0.5) is 10.1 Å². The molecule has 0 aliphatic heterocycles. The minimum atomic E-state index is -1.16. The Balaban J connectivity index is 2.19. The molecule has 0 aliphatic carbocycles. The number of anilines is 1. The van der Waals surface area contributed by atoms with Gasteiger partial charge in [0, 0.05) is 11.3 Å². The van der Waals surface area contributed by atoms with Crippen LogP contribution >= 0.6 is 11.6 Å². The van der Waals surface area contributed by atoms with Gasteiger partial charge in [-0.3, -0.25) is 0 Å². The highest BCUT2D eigenvalue weighted by atomic mass is 35.5. The summed E-state index contributed by atoms with van der Waals surface area (Å²) >= 11 is 5.87. The number of carboxylic acid groups (broad SMARTS) is 1. The summed E-state index contributed by atoms with van der Waals surface area (Å²) in [7, 11) is 0. The fraction of sp³-hybridized carbons (Fsp3) is 0.0714. The highest BCUT2D eigenvalue weighted by molar-refractivity contribution is 6.31. The quantitative estimate of drug-likeness (QED) is 0.849. The molecule has 2 rings (SSSR count). The van der Waals surface area contributed by atoms with E-state index < -0.39 is 11.8 Å². The lowest BCUT2D eigenvalue weighted by Gasteiger charge is -2.10. The van der Waals surface area contributed by atoms with Crippen LogP contribution in [0.1, 0.15) is 15.9 Å². The smallest absolute Gasteiger partial charge is 0.337 e. The lowest BCUT2D eigenvalue weighted by Crippen LogP contribution is -2.04. The van der Waals surface area contributed by atoms with Gasteiger partial charge in [0.15, 0.2) is 0 Å². The fourth-order valence-electron chi connectivity index (χ4n) is 1.64. The molecule has 3 N–H and O–H groups in total. The van der Waals surface area contributed by atoms with Gasteiger partial charge >= 0.3 is 5.97 Å². The average Bonchev–Trinajstić information content (AvgIpc) is 2.39. The van der Waals surface area contributed by atoms with Crippen molar-refractivity contribution in [3.05, 3.63) is 58.4 Å². The van der Waals surface area contributed by atoms with Crippen LogP contribution in [0.25, 0.3) is 0 Å². The van der Waals surface area contributed by atoms with E-state index in [9.17, 15) is 9.18 Å². The number of hydrogen-bond donors (Lipinski definition) is 2. The number of carboxylic acids is 1. The van der Waals surface area contributed by atoms with Crippen LogP contribution in [0, 0.1) is 5.82 Å². The normalized spacial score (nSPS) is 10.3. The van der Waals surface area contributed by atoms with E-state index in [0.29, 0.717) is 0 Å². The SMILES string of the molecule is Nc1ccc(OCc2c(F)cccc2Cl)cc1C(=O)O. The Morgan fingerprint density at radius 3 is 2.75 bits per heavy atom. The maximum absolute atomic E-state index is 13.5. The largest absolute Gasteiger partial charge is 0.489 e. The maximum atomic E-state index is 13.5. The predicted octanol–water partition coefficient (Wildman–Crippen LogP) is 3.34. The number of nitrogen functional groups attached to an aromatic ring is 1. The second kappa shape index (κ2) is 5.79. The summed E-state index contributed by atoms with van der Waals surface area (Å²) in [6.45, 7) is -0.103. The predicted molar refractivity (Wildman–Crippen MR) is 73.6 cm³/mol. The van der Waals surface area contributed by atoms with E-state index in [4.69, 9.17) is 27.2 Å². The Labute approximate surface area is 119 Å². The molecule has 0 fully saturated rings.